The molecule has 0 saturated heterocycles. The normalized spacial score (nSPS) is 17.9. The van der Waals surface area contributed by atoms with Gasteiger partial charge in [-0.05, 0) is 61.4 Å². The molecular weight excluding hydrogens is 432 g/mol. The number of aromatic nitrogens is 4. The van der Waals surface area contributed by atoms with Crippen molar-refractivity contribution in [3.63, 3.8) is 0 Å². The van der Waals surface area contributed by atoms with E-state index in [0.29, 0.717) is 17.7 Å². The van der Waals surface area contributed by atoms with Crippen LogP contribution in [0, 0.1) is 12.8 Å². The van der Waals surface area contributed by atoms with Crippen molar-refractivity contribution >= 4 is 32.6 Å². The molecule has 8 heteroatoms. The van der Waals surface area contributed by atoms with E-state index in [2.05, 4.69) is 51.9 Å². The quantitative estimate of drug-likeness (QED) is 0.471. The van der Waals surface area contributed by atoms with Crippen molar-refractivity contribution in [1.82, 2.24) is 19.9 Å². The monoisotopic (exact) mass is 458 g/mol. The van der Waals surface area contributed by atoms with Crippen LogP contribution in [-0.4, -0.2) is 33.1 Å². The molecule has 1 aliphatic carbocycles. The number of hydrogen-bond acceptors (Lipinski definition) is 8. The summed E-state index contributed by atoms with van der Waals surface area (Å²) < 4.78 is 6.23. The maximum absolute atomic E-state index is 6.23. The smallest absolute Gasteiger partial charge is 0.182 e. The number of fused-ring (bicyclic) bond motifs is 3. The molecule has 0 radical (unpaired) electrons. The number of anilines is 2. The molecule has 6 rings (SSSR count). The highest BCUT2D eigenvalue weighted by Gasteiger charge is 2.25. The third-order valence-electron chi connectivity index (χ3n) is 6.66. The summed E-state index contributed by atoms with van der Waals surface area (Å²) in [6.45, 7) is 6.60. The molecule has 0 fully saturated rings. The van der Waals surface area contributed by atoms with E-state index in [0.717, 1.165) is 70.1 Å². The lowest BCUT2D eigenvalue weighted by molar-refractivity contribution is 0.329. The number of benzene rings is 1. The van der Waals surface area contributed by atoms with Crippen LogP contribution in [0.3, 0.4) is 0 Å². The second-order valence-corrected chi connectivity index (χ2v) is 10.1. The number of thiazole rings is 1. The number of nitrogen functional groups attached to an aromatic ring is 1. The summed E-state index contributed by atoms with van der Waals surface area (Å²) in [6.07, 6.45) is 6.89. The molecule has 0 spiro atoms. The molecule has 168 valence electrons. The van der Waals surface area contributed by atoms with Crippen LogP contribution in [0.4, 0.5) is 10.9 Å². The van der Waals surface area contributed by atoms with E-state index in [1.54, 1.807) is 6.33 Å². The van der Waals surface area contributed by atoms with E-state index in [1.807, 2.05) is 6.20 Å². The molecule has 0 bridgehead atoms. The Morgan fingerprint density at radius 2 is 2.06 bits per heavy atom. The molecule has 4 heterocycles. The maximum atomic E-state index is 6.23. The van der Waals surface area contributed by atoms with Crippen molar-refractivity contribution in [3.05, 3.63) is 53.1 Å². The van der Waals surface area contributed by atoms with Gasteiger partial charge in [-0.1, -0.05) is 18.3 Å². The molecule has 2 N–H and O–H groups in total. The van der Waals surface area contributed by atoms with E-state index in [9.17, 15) is 0 Å². The molecule has 7 nitrogen and oxygen atoms in total. The number of nitrogens with zero attached hydrogens (tertiary/aromatic N) is 5. The van der Waals surface area contributed by atoms with Crippen LogP contribution in [-0.2, 0) is 19.4 Å². The summed E-state index contributed by atoms with van der Waals surface area (Å²) in [5, 5.41) is 0.541. The van der Waals surface area contributed by atoms with E-state index < -0.39 is 0 Å². The number of aryl methyl sites for hydroxylation is 1. The molecule has 2 aliphatic rings. The number of hydrogen-bond donors (Lipinski definition) is 1. The minimum absolute atomic E-state index is 0.541. The fraction of sp³-hybridized carbons (Fsp3) is 0.360. The third kappa shape index (κ3) is 3.68. The largest absolute Gasteiger partial charge is 0.491 e. The van der Waals surface area contributed by atoms with Gasteiger partial charge in [0, 0.05) is 35.1 Å². The van der Waals surface area contributed by atoms with E-state index in [1.165, 1.54) is 29.0 Å². The van der Waals surface area contributed by atoms with Crippen LogP contribution >= 0.6 is 11.3 Å². The first-order valence-corrected chi connectivity index (χ1v) is 12.2. The van der Waals surface area contributed by atoms with Crippen LogP contribution in [0.5, 0.6) is 5.75 Å². The van der Waals surface area contributed by atoms with Gasteiger partial charge in [-0.2, -0.15) is 0 Å². The molecule has 0 unspecified atom stereocenters. The summed E-state index contributed by atoms with van der Waals surface area (Å²) in [7, 11) is 0. The predicted octanol–water partition coefficient (Wildman–Crippen LogP) is 4.56. The number of pyridine rings is 1. The van der Waals surface area contributed by atoms with Crippen LogP contribution in [0.25, 0.3) is 21.5 Å². The lowest BCUT2D eigenvalue weighted by Crippen LogP contribution is -2.29. The van der Waals surface area contributed by atoms with Crippen molar-refractivity contribution in [2.24, 2.45) is 5.92 Å². The summed E-state index contributed by atoms with van der Waals surface area (Å²) in [6, 6.07) is 6.45. The summed E-state index contributed by atoms with van der Waals surface area (Å²) in [4.78, 5) is 21.5. The third-order valence-corrected chi connectivity index (χ3v) is 7.47. The Morgan fingerprint density at radius 1 is 1.15 bits per heavy atom. The highest BCUT2D eigenvalue weighted by atomic mass is 32.1. The Bertz CT molecular complexity index is 1370. The van der Waals surface area contributed by atoms with E-state index in [4.69, 9.17) is 15.5 Å². The molecule has 1 aromatic carbocycles. The van der Waals surface area contributed by atoms with E-state index >= 15 is 0 Å². The fourth-order valence-corrected chi connectivity index (χ4v) is 5.68. The first kappa shape index (κ1) is 20.4. The average Bonchev–Trinajstić information content (AvgIpc) is 3.03. The number of ether oxygens (including phenoxy) is 1. The summed E-state index contributed by atoms with van der Waals surface area (Å²) in [5.74, 6) is 2.72. The Hall–Kier alpha value is -3.26. The van der Waals surface area contributed by atoms with Gasteiger partial charge in [-0.15, -0.1) is 0 Å². The highest BCUT2D eigenvalue weighted by Crippen LogP contribution is 2.36. The lowest BCUT2D eigenvalue weighted by Gasteiger charge is -2.28. The van der Waals surface area contributed by atoms with Gasteiger partial charge in [-0.3, -0.25) is 0 Å². The standard InChI is InChI=1S/C25H26N6OS/c1-14-3-4-19-20(7-14)28-13-29-23(19)31-5-6-32-22-15(2)8-16(9-18(22)12-31)17-10-21-24(27-11-17)33-25(26)30-21/h8-11,13-14H,3-7,12H2,1-2H3,(H2,26,30)/t14-/m0/s1. The van der Waals surface area contributed by atoms with Gasteiger partial charge in [-0.25, -0.2) is 19.9 Å². The number of rotatable bonds is 2. The molecular formula is C25H26N6OS. The second kappa shape index (κ2) is 7.95. The minimum atomic E-state index is 0.541. The Morgan fingerprint density at radius 3 is 2.97 bits per heavy atom. The molecule has 4 aromatic rings. The zero-order valence-corrected chi connectivity index (χ0v) is 19.7. The van der Waals surface area contributed by atoms with Gasteiger partial charge in [0.15, 0.2) is 5.13 Å². The topological polar surface area (TPSA) is 90.0 Å². The first-order chi connectivity index (χ1) is 16.0. The predicted molar refractivity (Wildman–Crippen MR) is 132 cm³/mol. The molecule has 1 aliphatic heterocycles. The van der Waals surface area contributed by atoms with Crippen LogP contribution < -0.4 is 15.4 Å². The SMILES string of the molecule is Cc1cc(-c2cnc3sc(N)nc3c2)cc2c1OCCN(c1ncnc3c1CC[C@H](C)C3)C2. The van der Waals surface area contributed by atoms with Crippen molar-refractivity contribution < 1.29 is 4.74 Å². The van der Waals surface area contributed by atoms with Gasteiger partial charge >= 0.3 is 0 Å². The van der Waals surface area contributed by atoms with E-state index in [-0.39, 0.29) is 0 Å². The highest BCUT2D eigenvalue weighted by molar-refractivity contribution is 7.21. The average molecular weight is 459 g/mol. The minimum Gasteiger partial charge on any atom is -0.491 e. The van der Waals surface area contributed by atoms with Crippen molar-refractivity contribution in [2.45, 2.75) is 39.7 Å². The van der Waals surface area contributed by atoms with Crippen LogP contribution in [0.1, 0.15) is 35.7 Å². The van der Waals surface area contributed by atoms with Crippen molar-refractivity contribution in [3.8, 4) is 16.9 Å². The molecule has 0 amide bonds. The maximum Gasteiger partial charge on any atom is 0.182 e. The van der Waals surface area contributed by atoms with Crippen LogP contribution in [0.15, 0.2) is 30.7 Å². The zero-order chi connectivity index (χ0) is 22.5. The lowest BCUT2D eigenvalue weighted by atomic mass is 9.88. The Kier molecular flexibility index (Phi) is 4.90. The van der Waals surface area contributed by atoms with Crippen molar-refractivity contribution in [2.75, 3.05) is 23.8 Å². The second-order valence-electron chi connectivity index (χ2n) is 9.12. The molecule has 1 atom stereocenters. The van der Waals surface area contributed by atoms with Gasteiger partial charge < -0.3 is 15.4 Å². The van der Waals surface area contributed by atoms with Gasteiger partial charge in [0.2, 0.25) is 0 Å². The van der Waals surface area contributed by atoms with Gasteiger partial charge in [0.1, 0.15) is 34.8 Å². The zero-order valence-electron chi connectivity index (χ0n) is 18.8. The molecule has 3 aromatic heterocycles. The van der Waals surface area contributed by atoms with Gasteiger partial charge in [0.05, 0.1) is 6.54 Å². The first-order valence-electron chi connectivity index (χ1n) is 11.4. The fourth-order valence-electron chi connectivity index (χ4n) is 5.02. The molecule has 0 saturated carbocycles. The van der Waals surface area contributed by atoms with Gasteiger partial charge in [0.25, 0.3) is 0 Å². The van der Waals surface area contributed by atoms with Crippen LogP contribution in [0.2, 0.25) is 0 Å². The summed E-state index contributed by atoms with van der Waals surface area (Å²) in [5.41, 5.74) is 13.6. The molecule has 33 heavy (non-hydrogen) atoms. The Balaban J connectivity index is 1.39. The van der Waals surface area contributed by atoms with Crippen molar-refractivity contribution in [1.29, 1.82) is 0 Å². The Labute approximate surface area is 196 Å². The number of nitrogens with two attached hydrogens (primary N) is 1. The summed E-state index contributed by atoms with van der Waals surface area (Å²) >= 11 is 1.41.